The molecule has 0 aliphatic carbocycles. The van der Waals surface area contributed by atoms with Crippen LogP contribution >= 0.6 is 15.9 Å². The Morgan fingerprint density at radius 1 is 1.35 bits per heavy atom. The molecule has 2 bridgehead atoms. The normalized spacial score (nSPS) is 30.4. The van der Waals surface area contributed by atoms with Crippen molar-refractivity contribution in [2.24, 2.45) is 5.92 Å². The van der Waals surface area contributed by atoms with Gasteiger partial charge in [0.15, 0.2) is 0 Å². The number of benzene rings is 1. The quantitative estimate of drug-likeness (QED) is 0.721. The van der Waals surface area contributed by atoms with E-state index < -0.39 is 0 Å². The SMILES string of the molecule is COC(=O)[C@H]1[C@@H](c2ccc(Br)cc2)C[C@@H]2CC[C@H]1N2CCCF. The minimum absolute atomic E-state index is 0.131. The molecule has 0 N–H and O–H groups in total. The highest BCUT2D eigenvalue weighted by Crippen LogP contribution is 2.47. The lowest BCUT2D eigenvalue weighted by atomic mass is 9.76. The highest BCUT2D eigenvalue weighted by atomic mass is 79.9. The fourth-order valence-corrected chi connectivity index (χ4v) is 4.68. The second kappa shape index (κ2) is 7.31. The van der Waals surface area contributed by atoms with Gasteiger partial charge in [-0.05, 0) is 43.4 Å². The van der Waals surface area contributed by atoms with Crippen molar-refractivity contribution in [1.82, 2.24) is 4.90 Å². The number of carbonyl (C=O) groups excluding carboxylic acids is 1. The van der Waals surface area contributed by atoms with Gasteiger partial charge in [0.25, 0.3) is 0 Å². The molecule has 0 saturated carbocycles. The van der Waals surface area contributed by atoms with Crippen molar-refractivity contribution in [3.8, 4) is 0 Å². The Morgan fingerprint density at radius 3 is 2.74 bits per heavy atom. The van der Waals surface area contributed by atoms with E-state index in [0.29, 0.717) is 12.5 Å². The number of fused-ring (bicyclic) bond motifs is 2. The molecule has 1 aromatic rings. The van der Waals surface area contributed by atoms with Gasteiger partial charge in [-0.25, -0.2) is 0 Å². The first kappa shape index (κ1) is 16.9. The van der Waals surface area contributed by atoms with Crippen molar-refractivity contribution in [3.63, 3.8) is 0 Å². The van der Waals surface area contributed by atoms with Gasteiger partial charge < -0.3 is 4.74 Å². The smallest absolute Gasteiger partial charge is 0.310 e. The van der Waals surface area contributed by atoms with Crippen LogP contribution in [0.25, 0.3) is 0 Å². The van der Waals surface area contributed by atoms with Crippen LogP contribution in [0.4, 0.5) is 4.39 Å². The van der Waals surface area contributed by atoms with E-state index >= 15 is 0 Å². The van der Waals surface area contributed by atoms with Crippen LogP contribution in [-0.2, 0) is 9.53 Å². The summed E-state index contributed by atoms with van der Waals surface area (Å²) in [7, 11) is 1.47. The summed E-state index contributed by atoms with van der Waals surface area (Å²) in [6, 6.07) is 8.90. The molecule has 0 amide bonds. The van der Waals surface area contributed by atoms with Gasteiger partial charge in [-0.2, -0.15) is 0 Å². The van der Waals surface area contributed by atoms with Crippen molar-refractivity contribution < 1.29 is 13.9 Å². The molecule has 2 heterocycles. The maximum Gasteiger partial charge on any atom is 0.310 e. The van der Waals surface area contributed by atoms with Crippen LogP contribution in [0, 0.1) is 5.92 Å². The Hall–Kier alpha value is -0.940. The van der Waals surface area contributed by atoms with Crippen LogP contribution in [0.15, 0.2) is 28.7 Å². The minimum Gasteiger partial charge on any atom is -0.469 e. The number of methoxy groups -OCH3 is 1. The highest BCUT2D eigenvalue weighted by molar-refractivity contribution is 9.10. The number of piperidine rings is 1. The van der Waals surface area contributed by atoms with Crippen molar-refractivity contribution in [3.05, 3.63) is 34.3 Å². The molecule has 3 rings (SSSR count). The van der Waals surface area contributed by atoms with Gasteiger partial charge >= 0.3 is 5.97 Å². The summed E-state index contributed by atoms with van der Waals surface area (Å²) in [5.41, 5.74) is 1.20. The molecule has 0 aromatic heterocycles. The molecule has 5 heteroatoms. The molecule has 0 spiro atoms. The number of hydrogen-bond donors (Lipinski definition) is 0. The third kappa shape index (κ3) is 3.31. The van der Waals surface area contributed by atoms with Crippen molar-refractivity contribution >= 4 is 21.9 Å². The van der Waals surface area contributed by atoms with Crippen LogP contribution in [0.1, 0.15) is 37.2 Å². The predicted octanol–water partition coefficient (Wildman–Crippen LogP) is 3.92. The van der Waals surface area contributed by atoms with Gasteiger partial charge in [0.05, 0.1) is 19.7 Å². The monoisotopic (exact) mass is 383 g/mol. The fraction of sp³-hybridized carbons (Fsp3) is 0.611. The van der Waals surface area contributed by atoms with Gasteiger partial charge in [0.1, 0.15) is 0 Å². The molecule has 1 aromatic carbocycles. The maximum absolute atomic E-state index is 12.6. The number of hydrogen-bond acceptors (Lipinski definition) is 3. The number of carbonyl (C=O) groups is 1. The Balaban J connectivity index is 1.88. The summed E-state index contributed by atoms with van der Waals surface area (Å²) in [4.78, 5) is 14.9. The summed E-state index contributed by atoms with van der Waals surface area (Å²) in [5.74, 6) is -0.0947. The van der Waals surface area contributed by atoms with E-state index in [1.54, 1.807) is 0 Å². The van der Waals surface area contributed by atoms with Crippen molar-refractivity contribution in [2.75, 3.05) is 20.3 Å². The van der Waals surface area contributed by atoms with Crippen molar-refractivity contribution in [2.45, 2.75) is 43.7 Å². The lowest BCUT2D eigenvalue weighted by Gasteiger charge is -2.43. The minimum atomic E-state index is -0.297. The Morgan fingerprint density at radius 2 is 2.09 bits per heavy atom. The zero-order chi connectivity index (χ0) is 16.4. The summed E-state index contributed by atoms with van der Waals surface area (Å²) in [6.45, 7) is 0.446. The first-order valence-electron chi connectivity index (χ1n) is 8.30. The average Bonchev–Trinajstić information content (AvgIpc) is 2.84. The summed E-state index contributed by atoms with van der Waals surface area (Å²) >= 11 is 3.47. The van der Waals surface area contributed by atoms with E-state index in [2.05, 4.69) is 33.0 Å². The largest absolute Gasteiger partial charge is 0.469 e. The van der Waals surface area contributed by atoms with Gasteiger partial charge in [0.2, 0.25) is 0 Å². The predicted molar refractivity (Wildman–Crippen MR) is 91.1 cm³/mol. The topological polar surface area (TPSA) is 29.5 Å². The van der Waals surface area contributed by atoms with Gasteiger partial charge in [-0.1, -0.05) is 28.1 Å². The number of rotatable bonds is 5. The number of halogens is 2. The summed E-state index contributed by atoms with van der Waals surface area (Å²) < 4.78 is 18.8. The van der Waals surface area contributed by atoms with Crippen LogP contribution in [0.2, 0.25) is 0 Å². The van der Waals surface area contributed by atoms with Crippen LogP contribution in [0.5, 0.6) is 0 Å². The van der Waals surface area contributed by atoms with E-state index in [1.165, 1.54) is 12.7 Å². The van der Waals surface area contributed by atoms with Crippen molar-refractivity contribution in [1.29, 1.82) is 0 Å². The molecule has 2 aliphatic heterocycles. The lowest BCUT2D eigenvalue weighted by molar-refractivity contribution is -0.150. The van der Waals surface area contributed by atoms with Gasteiger partial charge in [-0.15, -0.1) is 0 Å². The average molecular weight is 384 g/mol. The summed E-state index contributed by atoms with van der Waals surface area (Å²) in [6.07, 6.45) is 3.59. The van der Waals surface area contributed by atoms with Crippen LogP contribution in [-0.4, -0.2) is 43.3 Å². The standard InChI is InChI=1S/C18H23BrFNO2/c1-23-18(22)17-15(12-3-5-13(19)6-4-12)11-14-7-8-16(17)21(14)10-2-9-20/h3-6,14-17H,2,7-11H2,1H3/t14-,15+,16+,17-/m0/s1. The Labute approximate surface area is 145 Å². The van der Waals surface area contributed by atoms with Gasteiger partial charge in [0, 0.05) is 29.0 Å². The maximum atomic E-state index is 12.6. The highest BCUT2D eigenvalue weighted by Gasteiger charge is 2.50. The first-order valence-corrected chi connectivity index (χ1v) is 9.10. The lowest BCUT2D eigenvalue weighted by Crippen LogP contribution is -2.51. The third-order valence-electron chi connectivity index (χ3n) is 5.39. The van der Waals surface area contributed by atoms with E-state index in [4.69, 9.17) is 4.74 Å². The Kier molecular flexibility index (Phi) is 5.37. The Bertz CT molecular complexity index is 550. The number of esters is 1. The number of nitrogens with zero attached hydrogens (tertiary/aromatic N) is 1. The molecular formula is C18H23BrFNO2. The number of ether oxygens (including phenoxy) is 1. The van der Waals surface area contributed by atoms with E-state index in [9.17, 15) is 9.18 Å². The molecule has 2 saturated heterocycles. The molecule has 2 aliphatic rings. The molecular weight excluding hydrogens is 361 g/mol. The molecule has 0 radical (unpaired) electrons. The third-order valence-corrected chi connectivity index (χ3v) is 5.91. The van der Waals surface area contributed by atoms with E-state index in [1.807, 2.05) is 12.1 Å². The molecule has 126 valence electrons. The zero-order valence-electron chi connectivity index (χ0n) is 13.4. The first-order chi connectivity index (χ1) is 11.2. The molecule has 0 unspecified atom stereocenters. The zero-order valence-corrected chi connectivity index (χ0v) is 15.0. The van der Waals surface area contributed by atoms with Gasteiger partial charge in [-0.3, -0.25) is 14.1 Å². The fourth-order valence-electron chi connectivity index (χ4n) is 4.41. The summed E-state index contributed by atoms with van der Waals surface area (Å²) in [5, 5.41) is 0. The molecule has 3 nitrogen and oxygen atoms in total. The van der Waals surface area contributed by atoms with E-state index in [0.717, 1.165) is 30.3 Å². The number of alkyl halides is 1. The molecule has 23 heavy (non-hydrogen) atoms. The molecule has 4 atom stereocenters. The molecule has 2 fully saturated rings. The second-order valence-corrected chi connectivity index (χ2v) is 7.44. The van der Waals surface area contributed by atoms with Crippen LogP contribution < -0.4 is 0 Å². The second-order valence-electron chi connectivity index (χ2n) is 6.52. The van der Waals surface area contributed by atoms with E-state index in [-0.39, 0.29) is 30.5 Å². The van der Waals surface area contributed by atoms with Crippen LogP contribution in [0.3, 0.4) is 0 Å².